The van der Waals surface area contributed by atoms with Gasteiger partial charge in [0.25, 0.3) is 5.91 Å². The molecule has 0 saturated heterocycles. The van der Waals surface area contributed by atoms with Gasteiger partial charge in [0.2, 0.25) is 0 Å². The lowest BCUT2D eigenvalue weighted by Gasteiger charge is -2.37. The summed E-state index contributed by atoms with van der Waals surface area (Å²) in [6, 6.07) is 19.8. The molecular formula is C27H23F3N2O3. The highest BCUT2D eigenvalue weighted by Crippen LogP contribution is 2.50. The van der Waals surface area contributed by atoms with Crippen molar-refractivity contribution in [1.82, 2.24) is 4.90 Å². The third-order valence-electron chi connectivity index (χ3n) is 6.14. The van der Waals surface area contributed by atoms with Crippen molar-refractivity contribution in [3.05, 3.63) is 95.7 Å². The average Bonchev–Trinajstić information content (AvgIpc) is 3.63. The molecule has 2 aliphatic rings. The number of aromatic hydroxyl groups is 1. The van der Waals surface area contributed by atoms with Crippen LogP contribution in [0.1, 0.15) is 35.6 Å². The molecule has 8 heteroatoms. The largest absolute Gasteiger partial charge is 0.573 e. The van der Waals surface area contributed by atoms with Gasteiger partial charge < -0.3 is 20.1 Å². The van der Waals surface area contributed by atoms with Crippen LogP contribution in [0.25, 0.3) is 5.57 Å². The van der Waals surface area contributed by atoms with Crippen molar-refractivity contribution in [3.8, 4) is 11.5 Å². The zero-order chi connectivity index (χ0) is 24.6. The Morgan fingerprint density at radius 1 is 1.03 bits per heavy atom. The molecule has 1 saturated carbocycles. The fourth-order valence-electron chi connectivity index (χ4n) is 4.57. The van der Waals surface area contributed by atoms with E-state index in [-0.39, 0.29) is 30.0 Å². The number of carbonyl (C=O) groups excluding carboxylic acids is 1. The van der Waals surface area contributed by atoms with Crippen LogP contribution in [0.5, 0.6) is 11.5 Å². The van der Waals surface area contributed by atoms with Gasteiger partial charge in [0.05, 0.1) is 11.6 Å². The summed E-state index contributed by atoms with van der Waals surface area (Å²) in [5.74, 6) is -0.185. The van der Waals surface area contributed by atoms with Crippen molar-refractivity contribution in [2.75, 3.05) is 5.32 Å². The molecule has 1 heterocycles. The minimum atomic E-state index is -4.78. The van der Waals surface area contributed by atoms with E-state index in [2.05, 4.69) is 10.1 Å². The predicted octanol–water partition coefficient (Wildman–Crippen LogP) is 6.24. The van der Waals surface area contributed by atoms with Gasteiger partial charge in [-0.3, -0.25) is 4.79 Å². The second kappa shape index (κ2) is 9.02. The molecule has 1 atom stereocenters. The predicted molar refractivity (Wildman–Crippen MR) is 125 cm³/mol. The molecule has 1 fully saturated rings. The summed E-state index contributed by atoms with van der Waals surface area (Å²) in [6.45, 7) is 0.271. The van der Waals surface area contributed by atoms with Gasteiger partial charge >= 0.3 is 6.36 Å². The van der Waals surface area contributed by atoms with Gasteiger partial charge in [0.1, 0.15) is 11.5 Å². The third-order valence-corrected chi connectivity index (χ3v) is 6.14. The second-order valence-electron chi connectivity index (χ2n) is 8.78. The van der Waals surface area contributed by atoms with E-state index in [0.29, 0.717) is 22.7 Å². The van der Waals surface area contributed by atoms with Crippen LogP contribution >= 0.6 is 0 Å². The van der Waals surface area contributed by atoms with Crippen LogP contribution in [0.4, 0.5) is 18.9 Å². The Balaban J connectivity index is 1.51. The molecule has 1 unspecified atom stereocenters. The van der Waals surface area contributed by atoms with Crippen LogP contribution in [0.2, 0.25) is 0 Å². The molecule has 5 rings (SSSR count). The molecule has 0 spiro atoms. The molecule has 3 aromatic carbocycles. The quantitative estimate of drug-likeness (QED) is 0.439. The molecule has 0 radical (unpaired) electrons. The molecular weight excluding hydrogens is 457 g/mol. The maximum Gasteiger partial charge on any atom is 0.573 e. The number of rotatable bonds is 6. The van der Waals surface area contributed by atoms with Crippen molar-refractivity contribution in [1.29, 1.82) is 0 Å². The lowest BCUT2D eigenvalue weighted by molar-refractivity contribution is -0.274. The molecule has 0 bridgehead atoms. The first kappa shape index (κ1) is 22.8. The highest BCUT2D eigenvalue weighted by atomic mass is 19.4. The maximum absolute atomic E-state index is 13.3. The molecule has 35 heavy (non-hydrogen) atoms. The zero-order valence-corrected chi connectivity index (χ0v) is 18.6. The number of fused-ring (bicyclic) bond motifs is 1. The third kappa shape index (κ3) is 5.26. The van der Waals surface area contributed by atoms with E-state index >= 15 is 0 Å². The van der Waals surface area contributed by atoms with Crippen molar-refractivity contribution >= 4 is 17.2 Å². The highest BCUT2D eigenvalue weighted by molar-refractivity contribution is 6.25. The van der Waals surface area contributed by atoms with Crippen molar-refractivity contribution < 1.29 is 27.8 Å². The first-order chi connectivity index (χ1) is 16.8. The van der Waals surface area contributed by atoms with Gasteiger partial charge in [0, 0.05) is 18.4 Å². The minimum Gasteiger partial charge on any atom is -0.508 e. The SMILES string of the molecule is O=C(Nc1ccccc1)C1=CN(Cc2cccc(OC(F)(F)F)c2)C(C2CC2)c2cc(O)ccc21. The summed E-state index contributed by atoms with van der Waals surface area (Å²) < 4.78 is 42.2. The van der Waals surface area contributed by atoms with Gasteiger partial charge in [-0.25, -0.2) is 0 Å². The number of benzene rings is 3. The maximum atomic E-state index is 13.3. The van der Waals surface area contributed by atoms with Gasteiger partial charge in [-0.1, -0.05) is 36.4 Å². The summed E-state index contributed by atoms with van der Waals surface area (Å²) in [5, 5.41) is 13.1. The number of amides is 1. The van der Waals surface area contributed by atoms with E-state index < -0.39 is 6.36 Å². The number of phenols is 1. The van der Waals surface area contributed by atoms with Gasteiger partial charge in [-0.15, -0.1) is 13.2 Å². The smallest absolute Gasteiger partial charge is 0.508 e. The Morgan fingerprint density at radius 3 is 2.51 bits per heavy atom. The minimum absolute atomic E-state index is 0.0969. The van der Waals surface area contributed by atoms with Crippen molar-refractivity contribution in [2.24, 2.45) is 5.92 Å². The number of hydrogen-bond donors (Lipinski definition) is 2. The molecule has 1 aliphatic heterocycles. The number of halogens is 3. The molecule has 1 aliphatic carbocycles. The zero-order valence-electron chi connectivity index (χ0n) is 18.6. The van der Waals surface area contributed by atoms with E-state index in [1.165, 1.54) is 18.2 Å². The number of alkyl halides is 3. The van der Waals surface area contributed by atoms with Crippen molar-refractivity contribution in [2.45, 2.75) is 31.8 Å². The standard InChI is InChI=1S/C27H23F3N2O3/c28-27(29,30)35-21-8-4-5-17(13-21)15-32-16-24(26(34)31-19-6-2-1-3-7-19)22-12-11-20(33)14-23(22)25(32)18-9-10-18/h1-8,11-14,16,18,25,33H,9-10,15H2,(H,31,34). The van der Waals surface area contributed by atoms with Crippen LogP contribution in [-0.2, 0) is 11.3 Å². The second-order valence-corrected chi connectivity index (χ2v) is 8.78. The van der Waals surface area contributed by atoms with Crippen molar-refractivity contribution in [3.63, 3.8) is 0 Å². The number of para-hydroxylation sites is 1. The highest BCUT2D eigenvalue weighted by Gasteiger charge is 2.40. The molecule has 5 nitrogen and oxygen atoms in total. The summed E-state index contributed by atoms with van der Waals surface area (Å²) in [5.41, 5.74) is 3.24. The van der Waals surface area contributed by atoms with Gasteiger partial charge in [-0.2, -0.15) is 0 Å². The number of carbonyl (C=O) groups is 1. The van der Waals surface area contributed by atoms with Crippen LogP contribution in [-0.4, -0.2) is 22.3 Å². The number of nitrogens with zero attached hydrogens (tertiary/aromatic N) is 1. The Morgan fingerprint density at radius 2 is 1.80 bits per heavy atom. The van der Waals surface area contributed by atoms with Crippen LogP contribution < -0.4 is 10.1 Å². The number of ether oxygens (including phenoxy) is 1. The van der Waals surface area contributed by atoms with Crippen LogP contribution in [0.3, 0.4) is 0 Å². The van der Waals surface area contributed by atoms with Crippen LogP contribution in [0, 0.1) is 5.92 Å². The fourth-order valence-corrected chi connectivity index (χ4v) is 4.57. The van der Waals surface area contributed by atoms with Gasteiger partial charge in [0.15, 0.2) is 0 Å². The van der Waals surface area contributed by atoms with E-state index in [0.717, 1.165) is 24.0 Å². The Kier molecular flexibility index (Phi) is 5.88. The lowest BCUT2D eigenvalue weighted by atomic mass is 9.87. The number of phenolic OH excluding ortho intramolecular Hbond substituents is 1. The number of nitrogens with one attached hydrogen (secondary N) is 1. The van der Waals surface area contributed by atoms with E-state index in [1.54, 1.807) is 42.6 Å². The Bertz CT molecular complexity index is 1270. The van der Waals surface area contributed by atoms with Gasteiger partial charge in [-0.05, 0) is 71.8 Å². The summed E-state index contributed by atoms with van der Waals surface area (Å²) in [4.78, 5) is 15.3. The molecule has 1 amide bonds. The first-order valence-corrected chi connectivity index (χ1v) is 11.3. The van der Waals surface area contributed by atoms with E-state index in [1.807, 2.05) is 23.1 Å². The molecule has 2 N–H and O–H groups in total. The number of hydrogen-bond acceptors (Lipinski definition) is 4. The Hall–Kier alpha value is -3.94. The molecule has 0 aromatic heterocycles. The monoisotopic (exact) mass is 480 g/mol. The summed E-state index contributed by atoms with van der Waals surface area (Å²) >= 11 is 0. The Labute approximate surface area is 200 Å². The topological polar surface area (TPSA) is 61.8 Å². The average molecular weight is 480 g/mol. The lowest BCUT2D eigenvalue weighted by Crippen LogP contribution is -2.31. The molecule has 3 aromatic rings. The van der Waals surface area contributed by atoms with E-state index in [4.69, 9.17) is 0 Å². The first-order valence-electron chi connectivity index (χ1n) is 11.3. The fraction of sp³-hybridized carbons (Fsp3) is 0.222. The summed E-state index contributed by atoms with van der Waals surface area (Å²) in [6.07, 6.45) is -1.02. The van der Waals surface area contributed by atoms with Crippen LogP contribution in [0.15, 0.2) is 79.0 Å². The normalized spacial score (nSPS) is 17.4. The molecule has 180 valence electrons. The van der Waals surface area contributed by atoms with E-state index in [9.17, 15) is 23.1 Å². The summed E-state index contributed by atoms with van der Waals surface area (Å²) in [7, 11) is 0. The number of anilines is 1.